The molecule has 0 fully saturated rings. The average Bonchev–Trinajstić information content (AvgIpc) is 2.56. The molecule has 7 nitrogen and oxygen atoms in total. The lowest BCUT2D eigenvalue weighted by Crippen LogP contribution is -2.08. The van der Waals surface area contributed by atoms with E-state index in [4.69, 9.17) is 5.26 Å². The maximum atomic E-state index is 11.1. The Kier molecular flexibility index (Phi) is 5.47. The molecule has 122 valence electrons. The van der Waals surface area contributed by atoms with E-state index in [1.807, 2.05) is 18.2 Å². The third kappa shape index (κ3) is 4.55. The summed E-state index contributed by atoms with van der Waals surface area (Å²) in [4.78, 5) is 21.5. The molecule has 0 saturated heterocycles. The zero-order valence-electron chi connectivity index (χ0n) is 13.1. The Bertz CT molecular complexity index is 794. The number of carbonyl (C=O) groups is 1. The first kappa shape index (κ1) is 17.0. The lowest BCUT2D eigenvalue weighted by molar-refractivity contribution is -0.384. The lowest BCUT2D eigenvalue weighted by atomic mass is 10.1. The van der Waals surface area contributed by atoms with Gasteiger partial charge in [0.05, 0.1) is 16.6 Å². The zero-order chi connectivity index (χ0) is 17.5. The van der Waals surface area contributed by atoms with Gasteiger partial charge in [-0.1, -0.05) is 12.1 Å². The summed E-state index contributed by atoms with van der Waals surface area (Å²) in [5.74, 6) is -0.127. The second kappa shape index (κ2) is 7.74. The van der Waals surface area contributed by atoms with E-state index in [1.165, 1.54) is 25.1 Å². The van der Waals surface area contributed by atoms with Crippen LogP contribution in [0.25, 0.3) is 0 Å². The maximum absolute atomic E-state index is 11.1. The van der Waals surface area contributed by atoms with Crippen molar-refractivity contribution < 1.29 is 9.72 Å². The molecule has 1 amide bonds. The van der Waals surface area contributed by atoms with Crippen LogP contribution in [0.4, 0.5) is 17.1 Å². The quantitative estimate of drug-likeness (QED) is 0.627. The number of hydrogen-bond acceptors (Lipinski definition) is 5. The summed E-state index contributed by atoms with van der Waals surface area (Å²) in [7, 11) is 0. The van der Waals surface area contributed by atoms with E-state index in [0.717, 1.165) is 11.3 Å². The Hall–Kier alpha value is -3.40. The van der Waals surface area contributed by atoms with Gasteiger partial charge in [-0.05, 0) is 36.2 Å². The molecule has 0 radical (unpaired) electrons. The van der Waals surface area contributed by atoms with Gasteiger partial charge in [0.1, 0.15) is 5.69 Å². The second-order valence-electron chi connectivity index (χ2n) is 5.16. The molecular weight excluding hydrogens is 308 g/mol. The highest BCUT2D eigenvalue weighted by Crippen LogP contribution is 2.25. The molecule has 2 N–H and O–H groups in total. The minimum Gasteiger partial charge on any atom is -0.379 e. The number of benzene rings is 2. The molecule has 0 heterocycles. The third-order valence-electron chi connectivity index (χ3n) is 3.33. The van der Waals surface area contributed by atoms with Crippen molar-refractivity contribution in [2.45, 2.75) is 13.3 Å². The van der Waals surface area contributed by atoms with E-state index in [-0.39, 0.29) is 17.2 Å². The fourth-order valence-corrected chi connectivity index (χ4v) is 2.20. The molecule has 0 atom stereocenters. The van der Waals surface area contributed by atoms with Crippen LogP contribution < -0.4 is 10.6 Å². The normalized spacial score (nSPS) is 9.83. The standard InChI is InChI=1S/C17H16N4O3/c1-12(22)20-15-5-2-13(3-6-15)8-9-19-16-7-4-14(11-18)10-17(16)21(23)24/h2-7,10,19H,8-9H2,1H3,(H,20,22). The van der Waals surface area contributed by atoms with Crippen molar-refractivity contribution >= 4 is 23.0 Å². The number of nitro groups is 1. The van der Waals surface area contributed by atoms with Gasteiger partial charge in [0.25, 0.3) is 5.69 Å². The molecule has 0 bridgehead atoms. The molecule has 2 aromatic carbocycles. The van der Waals surface area contributed by atoms with Gasteiger partial charge in [0.15, 0.2) is 0 Å². The minimum atomic E-state index is -0.509. The van der Waals surface area contributed by atoms with E-state index in [0.29, 0.717) is 18.7 Å². The van der Waals surface area contributed by atoms with Gasteiger partial charge in [0, 0.05) is 25.2 Å². The number of nitrogens with zero attached hydrogens (tertiary/aromatic N) is 2. The first-order valence-corrected chi connectivity index (χ1v) is 7.28. The predicted molar refractivity (Wildman–Crippen MR) is 90.8 cm³/mol. The summed E-state index contributed by atoms with van der Waals surface area (Å²) in [5.41, 5.74) is 2.28. The van der Waals surface area contributed by atoms with E-state index >= 15 is 0 Å². The monoisotopic (exact) mass is 324 g/mol. The molecular formula is C17H16N4O3. The molecule has 0 aliphatic rings. The van der Waals surface area contributed by atoms with Gasteiger partial charge in [-0.2, -0.15) is 5.26 Å². The van der Waals surface area contributed by atoms with Crippen molar-refractivity contribution in [2.75, 3.05) is 17.2 Å². The van der Waals surface area contributed by atoms with E-state index < -0.39 is 4.92 Å². The molecule has 24 heavy (non-hydrogen) atoms. The van der Waals surface area contributed by atoms with Gasteiger partial charge >= 0.3 is 0 Å². The highest BCUT2D eigenvalue weighted by atomic mass is 16.6. The van der Waals surface area contributed by atoms with Crippen LogP contribution in [0.1, 0.15) is 18.1 Å². The largest absolute Gasteiger partial charge is 0.379 e. The van der Waals surface area contributed by atoms with Crippen molar-refractivity contribution in [3.05, 3.63) is 63.7 Å². The Morgan fingerprint density at radius 1 is 1.25 bits per heavy atom. The molecule has 2 rings (SSSR count). The summed E-state index contributed by atoms with van der Waals surface area (Å²) in [6, 6.07) is 13.6. The maximum Gasteiger partial charge on any atom is 0.293 e. The summed E-state index contributed by atoms with van der Waals surface area (Å²) in [6.07, 6.45) is 0.664. The smallest absolute Gasteiger partial charge is 0.293 e. The number of nitriles is 1. The number of nitrogens with one attached hydrogen (secondary N) is 2. The van der Waals surface area contributed by atoms with Gasteiger partial charge in [-0.15, -0.1) is 0 Å². The Balaban J connectivity index is 1.98. The van der Waals surface area contributed by atoms with Crippen molar-refractivity contribution in [2.24, 2.45) is 0 Å². The zero-order valence-corrected chi connectivity index (χ0v) is 13.1. The molecule has 0 unspecified atom stereocenters. The van der Waals surface area contributed by atoms with Crippen LogP contribution in [0.3, 0.4) is 0 Å². The van der Waals surface area contributed by atoms with Crippen LogP contribution in [0, 0.1) is 21.4 Å². The molecule has 0 saturated carbocycles. The Morgan fingerprint density at radius 3 is 2.54 bits per heavy atom. The first-order valence-electron chi connectivity index (χ1n) is 7.28. The molecule has 0 aliphatic heterocycles. The third-order valence-corrected chi connectivity index (χ3v) is 3.33. The fraction of sp³-hybridized carbons (Fsp3) is 0.176. The first-order chi connectivity index (χ1) is 11.5. The van der Waals surface area contributed by atoms with Crippen LogP contribution in [0.2, 0.25) is 0 Å². The highest BCUT2D eigenvalue weighted by Gasteiger charge is 2.14. The lowest BCUT2D eigenvalue weighted by Gasteiger charge is -2.08. The molecule has 0 aliphatic carbocycles. The topological polar surface area (TPSA) is 108 Å². The van der Waals surface area contributed by atoms with Crippen LogP contribution >= 0.6 is 0 Å². The average molecular weight is 324 g/mol. The molecule has 0 spiro atoms. The van der Waals surface area contributed by atoms with Crippen molar-refractivity contribution in [3.8, 4) is 6.07 Å². The number of carbonyl (C=O) groups excluding carboxylic acids is 1. The van der Waals surface area contributed by atoms with Crippen LogP contribution in [-0.4, -0.2) is 17.4 Å². The summed E-state index contributed by atoms with van der Waals surface area (Å²) >= 11 is 0. The number of rotatable bonds is 6. The van der Waals surface area contributed by atoms with Crippen LogP contribution in [0.5, 0.6) is 0 Å². The Labute approximate surface area is 139 Å². The molecule has 7 heteroatoms. The van der Waals surface area contributed by atoms with Crippen molar-refractivity contribution in [3.63, 3.8) is 0 Å². The number of anilines is 2. The fourth-order valence-electron chi connectivity index (χ4n) is 2.20. The van der Waals surface area contributed by atoms with Gasteiger partial charge in [-0.25, -0.2) is 0 Å². The van der Waals surface area contributed by atoms with Crippen LogP contribution in [0.15, 0.2) is 42.5 Å². The summed E-state index contributed by atoms with van der Waals surface area (Å²) in [6.45, 7) is 1.95. The van der Waals surface area contributed by atoms with Crippen LogP contribution in [-0.2, 0) is 11.2 Å². The summed E-state index contributed by atoms with van der Waals surface area (Å²) in [5, 5.41) is 25.6. The van der Waals surface area contributed by atoms with E-state index in [9.17, 15) is 14.9 Å². The van der Waals surface area contributed by atoms with E-state index in [1.54, 1.807) is 12.1 Å². The van der Waals surface area contributed by atoms with Crippen molar-refractivity contribution in [1.29, 1.82) is 5.26 Å². The number of hydrogen-bond donors (Lipinski definition) is 2. The SMILES string of the molecule is CC(=O)Nc1ccc(CCNc2ccc(C#N)cc2[N+](=O)[O-])cc1. The predicted octanol–water partition coefficient (Wildman–Crippen LogP) is 3.08. The second-order valence-corrected chi connectivity index (χ2v) is 5.16. The number of amides is 1. The van der Waals surface area contributed by atoms with Gasteiger partial charge in [-0.3, -0.25) is 14.9 Å². The summed E-state index contributed by atoms with van der Waals surface area (Å²) < 4.78 is 0. The van der Waals surface area contributed by atoms with E-state index in [2.05, 4.69) is 10.6 Å². The molecule has 0 aromatic heterocycles. The molecule has 2 aromatic rings. The van der Waals surface area contributed by atoms with Crippen molar-refractivity contribution in [1.82, 2.24) is 0 Å². The van der Waals surface area contributed by atoms with Gasteiger partial charge in [0.2, 0.25) is 5.91 Å². The minimum absolute atomic E-state index is 0.116. The van der Waals surface area contributed by atoms with Gasteiger partial charge < -0.3 is 10.6 Å². The number of nitro benzene ring substituents is 1. The Morgan fingerprint density at radius 2 is 1.96 bits per heavy atom. The highest BCUT2D eigenvalue weighted by molar-refractivity contribution is 5.88.